The lowest BCUT2D eigenvalue weighted by molar-refractivity contribution is -0.384. The van der Waals surface area contributed by atoms with E-state index in [0.717, 1.165) is 21.8 Å². The van der Waals surface area contributed by atoms with Crippen molar-refractivity contribution < 1.29 is 19.2 Å². The summed E-state index contributed by atoms with van der Waals surface area (Å²) in [6.45, 7) is 0. The Morgan fingerprint density at radius 1 is 1.04 bits per heavy atom. The maximum Gasteiger partial charge on any atom is 0.344 e. The highest BCUT2D eigenvalue weighted by atomic mass is 16.6. The molecule has 0 saturated heterocycles. The van der Waals surface area contributed by atoms with Crippen molar-refractivity contribution in [2.75, 3.05) is 7.11 Å². The maximum atomic E-state index is 12.9. The van der Waals surface area contributed by atoms with Crippen LogP contribution < -0.4 is 9.47 Å². The van der Waals surface area contributed by atoms with Crippen LogP contribution in [0.15, 0.2) is 60.7 Å². The first-order valence-corrected chi connectivity index (χ1v) is 8.52. The van der Waals surface area contributed by atoms with E-state index < -0.39 is 10.9 Å². The second kappa shape index (κ2) is 6.70. The second-order valence-corrected chi connectivity index (χ2v) is 6.26. The Balaban J connectivity index is 1.83. The molecule has 4 aromatic rings. The second-order valence-electron chi connectivity index (χ2n) is 6.26. The molecule has 1 heterocycles. The summed E-state index contributed by atoms with van der Waals surface area (Å²) in [7, 11) is 3.50. The van der Waals surface area contributed by atoms with Gasteiger partial charge in [0, 0.05) is 35.5 Å². The fourth-order valence-electron chi connectivity index (χ4n) is 3.41. The van der Waals surface area contributed by atoms with Crippen LogP contribution in [0.4, 0.5) is 5.69 Å². The van der Waals surface area contributed by atoms with E-state index in [9.17, 15) is 14.9 Å². The fourth-order valence-corrected chi connectivity index (χ4v) is 3.41. The van der Waals surface area contributed by atoms with Gasteiger partial charge >= 0.3 is 5.97 Å². The lowest BCUT2D eigenvalue weighted by Gasteiger charge is -2.09. The number of carbonyl (C=O) groups is 1. The number of nitrogens with zero attached hydrogens (tertiary/aromatic N) is 2. The van der Waals surface area contributed by atoms with Crippen LogP contribution in [-0.4, -0.2) is 22.6 Å². The summed E-state index contributed by atoms with van der Waals surface area (Å²) in [5.41, 5.74) is 2.08. The number of methoxy groups -OCH3 is 1. The largest absolute Gasteiger partial charge is 0.495 e. The average Bonchev–Trinajstić information content (AvgIpc) is 3.01. The summed E-state index contributed by atoms with van der Waals surface area (Å²) in [5.74, 6) is 0.346. The molecule has 0 unspecified atom stereocenters. The zero-order chi connectivity index (χ0) is 19.8. The monoisotopic (exact) mass is 376 g/mol. The number of aryl methyl sites for hydroxylation is 1. The molecular weight excluding hydrogens is 360 g/mol. The number of non-ortho nitro benzene ring substituents is 1. The van der Waals surface area contributed by atoms with Gasteiger partial charge in [0.1, 0.15) is 11.5 Å². The quantitative estimate of drug-likeness (QED) is 0.227. The lowest BCUT2D eigenvalue weighted by atomic mass is 10.1. The summed E-state index contributed by atoms with van der Waals surface area (Å²) in [5, 5.41) is 12.4. The van der Waals surface area contributed by atoms with Gasteiger partial charge in [-0.3, -0.25) is 10.1 Å². The van der Waals surface area contributed by atoms with E-state index in [2.05, 4.69) is 0 Å². The summed E-state index contributed by atoms with van der Waals surface area (Å²) < 4.78 is 12.9. The Bertz CT molecular complexity index is 1230. The molecule has 0 radical (unpaired) electrons. The Morgan fingerprint density at radius 2 is 1.75 bits per heavy atom. The molecule has 0 bridgehead atoms. The smallest absolute Gasteiger partial charge is 0.344 e. The minimum Gasteiger partial charge on any atom is -0.495 e. The van der Waals surface area contributed by atoms with Crippen molar-refractivity contribution in [3.63, 3.8) is 0 Å². The van der Waals surface area contributed by atoms with Gasteiger partial charge in [-0.15, -0.1) is 0 Å². The van der Waals surface area contributed by atoms with Gasteiger partial charge in [0.05, 0.1) is 23.1 Å². The first kappa shape index (κ1) is 17.5. The van der Waals surface area contributed by atoms with Crippen LogP contribution in [0, 0.1) is 10.1 Å². The summed E-state index contributed by atoms with van der Waals surface area (Å²) in [4.78, 5) is 23.2. The van der Waals surface area contributed by atoms with E-state index in [4.69, 9.17) is 9.47 Å². The number of nitro benzene ring substituents is 1. The summed E-state index contributed by atoms with van der Waals surface area (Å²) >= 11 is 0. The topological polar surface area (TPSA) is 83.6 Å². The number of esters is 1. The molecular formula is C21H16N2O5. The Hall–Kier alpha value is -3.87. The number of carbonyl (C=O) groups excluding carboxylic acids is 1. The number of nitro groups is 1. The molecule has 7 nitrogen and oxygen atoms in total. The number of benzene rings is 3. The lowest BCUT2D eigenvalue weighted by Crippen LogP contribution is -2.09. The van der Waals surface area contributed by atoms with Crippen LogP contribution in [-0.2, 0) is 7.05 Å². The number of aromatic nitrogens is 1. The van der Waals surface area contributed by atoms with E-state index in [-0.39, 0.29) is 11.4 Å². The van der Waals surface area contributed by atoms with Crippen LogP contribution in [0.25, 0.3) is 21.8 Å². The van der Waals surface area contributed by atoms with Crippen LogP contribution in [0.3, 0.4) is 0 Å². The van der Waals surface area contributed by atoms with Gasteiger partial charge in [-0.25, -0.2) is 4.79 Å². The van der Waals surface area contributed by atoms with Gasteiger partial charge < -0.3 is 14.0 Å². The Labute approximate surface area is 159 Å². The van der Waals surface area contributed by atoms with E-state index >= 15 is 0 Å². The number of rotatable bonds is 4. The van der Waals surface area contributed by atoms with Gasteiger partial charge in [0.15, 0.2) is 0 Å². The first-order chi connectivity index (χ1) is 13.5. The number of hydrogen-bond acceptors (Lipinski definition) is 5. The van der Waals surface area contributed by atoms with Gasteiger partial charge in [-0.05, 0) is 30.3 Å². The highest BCUT2D eigenvalue weighted by Crippen LogP contribution is 2.37. The van der Waals surface area contributed by atoms with Crippen molar-refractivity contribution in [1.29, 1.82) is 0 Å². The summed E-state index contributed by atoms with van der Waals surface area (Å²) in [6, 6.07) is 16.6. The number of hydrogen-bond donors (Lipinski definition) is 0. The van der Waals surface area contributed by atoms with Crippen LogP contribution in [0.5, 0.6) is 11.5 Å². The van der Waals surface area contributed by atoms with Gasteiger partial charge in [0.25, 0.3) is 5.69 Å². The predicted octanol–water partition coefficient (Wildman–Crippen LogP) is 4.47. The molecule has 140 valence electrons. The standard InChI is InChI=1S/C21H16N2O5/c1-22-17-6-4-3-5-15(17)19-16(11-12-18(27-2)20(19)22)21(24)28-14-9-7-13(8-10-14)23(25)26/h3-12H,1-2H3. The van der Waals surface area contributed by atoms with E-state index in [0.29, 0.717) is 11.3 Å². The van der Waals surface area contributed by atoms with Gasteiger partial charge in [0.2, 0.25) is 0 Å². The Kier molecular flexibility index (Phi) is 4.19. The fraction of sp³-hybridized carbons (Fsp3) is 0.0952. The van der Waals surface area contributed by atoms with Crippen LogP contribution in [0.1, 0.15) is 10.4 Å². The molecule has 4 rings (SSSR count). The zero-order valence-electron chi connectivity index (χ0n) is 15.2. The molecule has 3 aromatic carbocycles. The number of ether oxygens (including phenoxy) is 2. The summed E-state index contributed by atoms with van der Waals surface area (Å²) in [6.07, 6.45) is 0. The number of fused-ring (bicyclic) bond motifs is 3. The Morgan fingerprint density at radius 3 is 2.43 bits per heavy atom. The van der Waals surface area contributed by atoms with E-state index in [1.165, 1.54) is 24.3 Å². The van der Waals surface area contributed by atoms with Crippen molar-refractivity contribution in [2.24, 2.45) is 7.05 Å². The minimum atomic E-state index is -0.544. The van der Waals surface area contributed by atoms with E-state index in [1.807, 2.05) is 35.9 Å². The van der Waals surface area contributed by atoms with Crippen molar-refractivity contribution in [1.82, 2.24) is 4.57 Å². The van der Waals surface area contributed by atoms with Crippen molar-refractivity contribution in [3.8, 4) is 11.5 Å². The van der Waals surface area contributed by atoms with Crippen LogP contribution in [0.2, 0.25) is 0 Å². The third kappa shape index (κ3) is 2.73. The highest BCUT2D eigenvalue weighted by molar-refractivity contribution is 6.18. The molecule has 28 heavy (non-hydrogen) atoms. The molecule has 0 saturated carbocycles. The van der Waals surface area contributed by atoms with E-state index in [1.54, 1.807) is 19.2 Å². The van der Waals surface area contributed by atoms with Crippen LogP contribution >= 0.6 is 0 Å². The molecule has 7 heteroatoms. The number of para-hydroxylation sites is 1. The molecule has 0 fully saturated rings. The minimum absolute atomic E-state index is 0.0688. The molecule has 0 atom stereocenters. The molecule has 0 amide bonds. The van der Waals surface area contributed by atoms with Gasteiger partial charge in [-0.2, -0.15) is 0 Å². The zero-order valence-corrected chi connectivity index (χ0v) is 15.2. The molecule has 0 N–H and O–H groups in total. The van der Waals surface area contributed by atoms with Crippen molar-refractivity contribution in [2.45, 2.75) is 0 Å². The van der Waals surface area contributed by atoms with Gasteiger partial charge in [-0.1, -0.05) is 18.2 Å². The molecule has 1 aromatic heterocycles. The third-order valence-corrected chi connectivity index (χ3v) is 4.71. The molecule has 0 aliphatic heterocycles. The average molecular weight is 376 g/mol. The third-order valence-electron chi connectivity index (χ3n) is 4.71. The normalized spacial score (nSPS) is 10.9. The van der Waals surface area contributed by atoms with Crippen molar-refractivity contribution >= 4 is 33.5 Å². The molecule has 0 spiro atoms. The highest BCUT2D eigenvalue weighted by Gasteiger charge is 2.21. The molecule has 0 aliphatic rings. The maximum absolute atomic E-state index is 12.9. The SMILES string of the molecule is COc1ccc(C(=O)Oc2ccc([N+](=O)[O-])cc2)c2c3ccccc3n(C)c12. The molecule has 0 aliphatic carbocycles. The first-order valence-electron chi connectivity index (χ1n) is 8.52. The van der Waals surface area contributed by atoms with Crippen molar-refractivity contribution in [3.05, 3.63) is 76.3 Å². The predicted molar refractivity (Wildman–Crippen MR) is 105 cm³/mol.